The van der Waals surface area contributed by atoms with Gasteiger partial charge in [0.15, 0.2) is 6.61 Å². The Hall–Kier alpha value is -2.04. The van der Waals surface area contributed by atoms with Crippen molar-refractivity contribution in [2.45, 2.75) is 33.7 Å². The summed E-state index contributed by atoms with van der Waals surface area (Å²) in [5.41, 5.74) is 1.94. The van der Waals surface area contributed by atoms with E-state index in [9.17, 15) is 9.59 Å². The summed E-state index contributed by atoms with van der Waals surface area (Å²) in [6.07, 6.45) is 0. The molecule has 20 heavy (non-hydrogen) atoms. The maximum absolute atomic E-state index is 11.7. The normalized spacial score (nSPS) is 11.6. The van der Waals surface area contributed by atoms with Crippen LogP contribution in [-0.4, -0.2) is 31.1 Å². The Morgan fingerprint density at radius 1 is 1.25 bits per heavy atom. The number of benzene rings is 1. The van der Waals surface area contributed by atoms with Gasteiger partial charge in [-0.05, 0) is 38.8 Å². The molecular weight excluding hydrogens is 258 g/mol. The van der Waals surface area contributed by atoms with E-state index < -0.39 is 12.0 Å². The summed E-state index contributed by atoms with van der Waals surface area (Å²) >= 11 is 0. The highest BCUT2D eigenvalue weighted by Gasteiger charge is 2.17. The second kappa shape index (κ2) is 7.53. The maximum atomic E-state index is 11.7. The van der Waals surface area contributed by atoms with Crippen molar-refractivity contribution in [2.24, 2.45) is 0 Å². The van der Waals surface area contributed by atoms with Gasteiger partial charge in [0.05, 0.1) is 6.61 Å². The molecule has 0 bridgehead atoms. The first-order valence-corrected chi connectivity index (χ1v) is 6.60. The summed E-state index contributed by atoms with van der Waals surface area (Å²) < 4.78 is 10.3. The highest BCUT2D eigenvalue weighted by atomic mass is 16.5. The standard InChI is InChI=1S/C15H21NO4/c1-5-19-15(18)12(4)16-13(17)9-20-14-10(2)7-6-8-11(14)3/h6-8,12H,5,9H2,1-4H3,(H,16,17). The molecule has 110 valence electrons. The molecule has 0 aliphatic heterocycles. The van der Waals surface area contributed by atoms with Gasteiger partial charge in [-0.25, -0.2) is 4.79 Å². The van der Waals surface area contributed by atoms with Gasteiger partial charge in [0.25, 0.3) is 5.91 Å². The largest absolute Gasteiger partial charge is 0.483 e. The topological polar surface area (TPSA) is 64.6 Å². The first kappa shape index (κ1) is 16.0. The van der Waals surface area contributed by atoms with Crippen molar-refractivity contribution in [1.82, 2.24) is 5.32 Å². The summed E-state index contributed by atoms with van der Waals surface area (Å²) in [6.45, 7) is 7.29. The Kier molecular flexibility index (Phi) is 6.03. The molecular formula is C15H21NO4. The van der Waals surface area contributed by atoms with Crippen molar-refractivity contribution >= 4 is 11.9 Å². The molecule has 1 atom stereocenters. The molecule has 0 heterocycles. The molecule has 1 aromatic rings. The van der Waals surface area contributed by atoms with Crippen molar-refractivity contribution in [1.29, 1.82) is 0 Å². The molecule has 1 N–H and O–H groups in total. The van der Waals surface area contributed by atoms with Crippen LogP contribution < -0.4 is 10.1 Å². The molecule has 0 saturated heterocycles. The molecule has 0 aliphatic carbocycles. The average Bonchev–Trinajstić information content (AvgIpc) is 2.38. The number of para-hydroxylation sites is 1. The highest BCUT2D eigenvalue weighted by Crippen LogP contribution is 2.21. The average molecular weight is 279 g/mol. The van der Waals surface area contributed by atoms with Crippen LogP contribution >= 0.6 is 0 Å². The van der Waals surface area contributed by atoms with E-state index >= 15 is 0 Å². The lowest BCUT2D eigenvalue weighted by atomic mass is 10.1. The van der Waals surface area contributed by atoms with E-state index in [2.05, 4.69) is 5.32 Å². The Morgan fingerprint density at radius 3 is 2.40 bits per heavy atom. The number of aryl methyl sites for hydroxylation is 2. The second-order valence-corrected chi connectivity index (χ2v) is 4.55. The molecule has 1 aromatic carbocycles. The van der Waals surface area contributed by atoms with Crippen LogP contribution in [0.25, 0.3) is 0 Å². The fourth-order valence-electron chi connectivity index (χ4n) is 1.77. The van der Waals surface area contributed by atoms with Crippen molar-refractivity contribution in [3.8, 4) is 5.75 Å². The van der Waals surface area contributed by atoms with Crippen LogP contribution in [-0.2, 0) is 14.3 Å². The van der Waals surface area contributed by atoms with Crippen LogP contribution in [0.1, 0.15) is 25.0 Å². The number of amides is 1. The van der Waals surface area contributed by atoms with Gasteiger partial charge in [0.2, 0.25) is 0 Å². The van der Waals surface area contributed by atoms with Gasteiger partial charge in [-0.2, -0.15) is 0 Å². The molecule has 0 aromatic heterocycles. The lowest BCUT2D eigenvalue weighted by Gasteiger charge is -2.14. The molecule has 1 rings (SSSR count). The fourth-order valence-corrected chi connectivity index (χ4v) is 1.77. The van der Waals surface area contributed by atoms with Crippen LogP contribution in [0.3, 0.4) is 0 Å². The lowest BCUT2D eigenvalue weighted by Crippen LogP contribution is -2.41. The zero-order valence-electron chi connectivity index (χ0n) is 12.4. The summed E-state index contributed by atoms with van der Waals surface area (Å²) in [5.74, 6) is -0.104. The monoisotopic (exact) mass is 279 g/mol. The zero-order chi connectivity index (χ0) is 15.1. The molecule has 1 amide bonds. The third-order valence-corrected chi connectivity index (χ3v) is 2.77. The Labute approximate surface area is 119 Å². The summed E-state index contributed by atoms with van der Waals surface area (Å²) in [6, 6.07) is 5.09. The van der Waals surface area contributed by atoms with E-state index in [0.29, 0.717) is 5.75 Å². The molecule has 0 radical (unpaired) electrons. The van der Waals surface area contributed by atoms with Crippen LogP contribution in [0.15, 0.2) is 18.2 Å². The third-order valence-electron chi connectivity index (χ3n) is 2.77. The van der Waals surface area contributed by atoms with Gasteiger partial charge < -0.3 is 14.8 Å². The number of nitrogens with one attached hydrogen (secondary N) is 1. The molecule has 0 saturated carbocycles. The smallest absolute Gasteiger partial charge is 0.328 e. The van der Waals surface area contributed by atoms with Crippen LogP contribution in [0.5, 0.6) is 5.75 Å². The van der Waals surface area contributed by atoms with Crippen molar-refractivity contribution in [3.05, 3.63) is 29.3 Å². The predicted octanol–water partition coefficient (Wildman–Crippen LogP) is 1.75. The van der Waals surface area contributed by atoms with Gasteiger partial charge in [-0.3, -0.25) is 4.79 Å². The van der Waals surface area contributed by atoms with Gasteiger partial charge in [-0.15, -0.1) is 0 Å². The molecule has 5 heteroatoms. The highest BCUT2D eigenvalue weighted by molar-refractivity contribution is 5.84. The van der Waals surface area contributed by atoms with Crippen molar-refractivity contribution < 1.29 is 19.1 Å². The quantitative estimate of drug-likeness (QED) is 0.806. The number of hydrogen-bond donors (Lipinski definition) is 1. The second-order valence-electron chi connectivity index (χ2n) is 4.55. The van der Waals surface area contributed by atoms with E-state index in [0.717, 1.165) is 11.1 Å². The molecule has 0 aliphatic rings. The van der Waals surface area contributed by atoms with Crippen molar-refractivity contribution in [3.63, 3.8) is 0 Å². The SMILES string of the molecule is CCOC(=O)C(C)NC(=O)COc1c(C)cccc1C. The minimum absolute atomic E-state index is 0.130. The van der Waals surface area contributed by atoms with Gasteiger partial charge >= 0.3 is 5.97 Å². The van der Waals surface area contributed by atoms with E-state index in [1.165, 1.54) is 0 Å². The van der Waals surface area contributed by atoms with E-state index in [4.69, 9.17) is 9.47 Å². The van der Waals surface area contributed by atoms with E-state index in [-0.39, 0.29) is 19.1 Å². The molecule has 5 nitrogen and oxygen atoms in total. The van der Waals surface area contributed by atoms with Gasteiger partial charge in [0, 0.05) is 0 Å². The number of ether oxygens (including phenoxy) is 2. The van der Waals surface area contributed by atoms with Crippen LogP contribution in [0.4, 0.5) is 0 Å². The Balaban J connectivity index is 2.50. The molecule has 0 spiro atoms. The van der Waals surface area contributed by atoms with Crippen LogP contribution in [0.2, 0.25) is 0 Å². The van der Waals surface area contributed by atoms with Gasteiger partial charge in [-0.1, -0.05) is 18.2 Å². The molecule has 0 fully saturated rings. The summed E-state index contributed by atoms with van der Waals surface area (Å²) in [7, 11) is 0. The Morgan fingerprint density at radius 2 is 1.85 bits per heavy atom. The number of hydrogen-bond acceptors (Lipinski definition) is 4. The molecule has 1 unspecified atom stereocenters. The van der Waals surface area contributed by atoms with Gasteiger partial charge in [0.1, 0.15) is 11.8 Å². The number of rotatable bonds is 6. The summed E-state index contributed by atoms with van der Waals surface area (Å²) in [5, 5.41) is 2.54. The van der Waals surface area contributed by atoms with Crippen molar-refractivity contribution in [2.75, 3.05) is 13.2 Å². The zero-order valence-corrected chi connectivity index (χ0v) is 12.4. The summed E-state index contributed by atoms with van der Waals surface area (Å²) in [4.78, 5) is 23.1. The van der Waals surface area contributed by atoms with Crippen LogP contribution in [0, 0.1) is 13.8 Å². The first-order chi connectivity index (χ1) is 9.45. The maximum Gasteiger partial charge on any atom is 0.328 e. The third kappa shape index (κ3) is 4.57. The number of esters is 1. The fraction of sp³-hybridized carbons (Fsp3) is 0.467. The van der Waals surface area contributed by atoms with E-state index in [1.54, 1.807) is 13.8 Å². The predicted molar refractivity (Wildman–Crippen MR) is 75.6 cm³/mol. The lowest BCUT2D eigenvalue weighted by molar-refractivity contribution is -0.147. The minimum Gasteiger partial charge on any atom is -0.483 e. The number of carbonyl (C=O) groups excluding carboxylic acids is 2. The minimum atomic E-state index is -0.677. The van der Waals surface area contributed by atoms with E-state index in [1.807, 2.05) is 32.0 Å². The first-order valence-electron chi connectivity index (χ1n) is 6.60. The number of carbonyl (C=O) groups is 2. The Bertz CT molecular complexity index is 465.